The summed E-state index contributed by atoms with van der Waals surface area (Å²) in [5.41, 5.74) is -1.90. The van der Waals surface area contributed by atoms with Gasteiger partial charge in [0.1, 0.15) is 24.4 Å². The Bertz CT molecular complexity index is 1160. The molecule has 2 unspecified atom stereocenters. The van der Waals surface area contributed by atoms with E-state index in [0.29, 0.717) is 19.7 Å². The Hall–Kier alpha value is -2.12. The lowest BCUT2D eigenvalue weighted by Gasteiger charge is -2.41. The van der Waals surface area contributed by atoms with Crippen LogP contribution in [0.1, 0.15) is 33.9 Å². The normalized spacial score (nSPS) is 28.3. The third kappa shape index (κ3) is 6.62. The molecule has 1 aromatic rings. The maximum atomic E-state index is 12.7. The van der Waals surface area contributed by atoms with Gasteiger partial charge in [-0.25, -0.2) is 16.0 Å². The number of fused-ring (bicyclic) bond motifs is 2. The topological polar surface area (TPSA) is 106 Å². The zero-order valence-corrected chi connectivity index (χ0v) is 24.0. The summed E-state index contributed by atoms with van der Waals surface area (Å²) in [6.07, 6.45) is 5.03. The molecule has 1 aromatic heterocycles. The number of nitrogens with one attached hydrogen (secondary N) is 1. The molecule has 5 atom stereocenters. The van der Waals surface area contributed by atoms with E-state index in [-0.39, 0.29) is 25.2 Å². The SMILES string of the molecule is [C-]#[N+]CCOP(OC1[C@@H]2OC[C@]1(CN1CCN(CC#C)CC1)O[C@H]2n1ccc(=O)[nH]c1=O)N(C(C)C)C(C)C. The first-order chi connectivity index (χ1) is 18.7. The largest absolute Gasteiger partial charge is 0.367 e. The van der Waals surface area contributed by atoms with Gasteiger partial charge in [-0.2, -0.15) is 0 Å². The molecular weight excluding hydrogens is 523 g/mol. The number of H-pyrrole nitrogens is 1. The number of hydrogen-bond donors (Lipinski definition) is 1. The summed E-state index contributed by atoms with van der Waals surface area (Å²) in [6, 6.07) is 1.55. The zero-order chi connectivity index (χ0) is 28.2. The molecule has 0 saturated carbocycles. The third-order valence-electron chi connectivity index (χ3n) is 7.23. The second kappa shape index (κ2) is 13.0. The standard InChI is InChI=1S/C26H39N6O6P/c1-7-10-29-12-14-30(15-13-29)17-26-18-35-22(24(37-26)31-11-8-21(33)28-25(31)34)23(26)38-39(36-16-9-27-6)32(19(2)3)20(4)5/h1,8,11,19-20,22-24H,9-10,12-18H2,2-5H3,(H,28,33,34)/t22-,23?,24+,26-,39?/m0/s1. The molecule has 0 aliphatic carbocycles. The minimum atomic E-state index is -1.57. The molecule has 4 rings (SSSR count). The zero-order valence-electron chi connectivity index (χ0n) is 23.1. The smallest absolute Gasteiger partial charge is 0.330 e. The molecular formula is C26H39N6O6P. The van der Waals surface area contributed by atoms with Crippen molar-refractivity contribution in [1.82, 2.24) is 24.0 Å². The first kappa shape index (κ1) is 29.9. The van der Waals surface area contributed by atoms with Gasteiger partial charge in [0.05, 0.1) is 13.2 Å². The maximum Gasteiger partial charge on any atom is 0.330 e. The molecule has 0 amide bonds. The number of piperazine rings is 1. The van der Waals surface area contributed by atoms with E-state index in [0.717, 1.165) is 26.2 Å². The number of ether oxygens (including phenoxy) is 2. The van der Waals surface area contributed by atoms with Crippen molar-refractivity contribution >= 4 is 8.53 Å². The Labute approximate surface area is 230 Å². The molecule has 3 aliphatic heterocycles. The fourth-order valence-corrected chi connectivity index (χ4v) is 7.32. The van der Waals surface area contributed by atoms with Crippen molar-refractivity contribution in [2.45, 2.75) is 63.8 Å². The lowest BCUT2D eigenvalue weighted by molar-refractivity contribution is -0.182. The summed E-state index contributed by atoms with van der Waals surface area (Å²) in [5, 5.41) is 0. The fourth-order valence-electron chi connectivity index (χ4n) is 5.52. The van der Waals surface area contributed by atoms with E-state index in [2.05, 4.69) is 57.9 Å². The van der Waals surface area contributed by atoms with Crippen LogP contribution >= 0.6 is 8.53 Å². The van der Waals surface area contributed by atoms with Crippen molar-refractivity contribution in [2.24, 2.45) is 0 Å². The van der Waals surface area contributed by atoms with Crippen LogP contribution in [0.15, 0.2) is 21.9 Å². The highest BCUT2D eigenvalue weighted by Gasteiger charge is 2.64. The number of terminal acetylenes is 1. The number of aromatic amines is 1. The summed E-state index contributed by atoms with van der Waals surface area (Å²) in [4.78, 5) is 34.7. The summed E-state index contributed by atoms with van der Waals surface area (Å²) < 4.78 is 29.5. The van der Waals surface area contributed by atoms with Gasteiger partial charge in [0, 0.05) is 57.1 Å². The summed E-state index contributed by atoms with van der Waals surface area (Å²) in [5.74, 6) is 2.71. The second-order valence-electron chi connectivity index (χ2n) is 10.7. The lowest BCUT2D eigenvalue weighted by Crippen LogP contribution is -2.56. The molecule has 1 N–H and O–H groups in total. The van der Waals surface area contributed by atoms with Gasteiger partial charge < -0.3 is 23.4 Å². The first-order valence-electron chi connectivity index (χ1n) is 13.4. The second-order valence-corrected chi connectivity index (χ2v) is 12.1. The van der Waals surface area contributed by atoms with Gasteiger partial charge in [-0.05, 0) is 27.7 Å². The van der Waals surface area contributed by atoms with Gasteiger partial charge in [-0.1, -0.05) is 5.92 Å². The molecule has 0 spiro atoms. The molecule has 0 aromatic carbocycles. The molecule has 3 aliphatic rings. The van der Waals surface area contributed by atoms with Crippen LogP contribution in [0, 0.1) is 18.9 Å². The average Bonchev–Trinajstić information content (AvgIpc) is 3.35. The van der Waals surface area contributed by atoms with Crippen LogP contribution in [0.2, 0.25) is 0 Å². The minimum Gasteiger partial charge on any atom is -0.367 e. The van der Waals surface area contributed by atoms with Crippen LogP contribution in [0.3, 0.4) is 0 Å². The number of nitrogens with zero attached hydrogens (tertiary/aromatic N) is 5. The molecule has 4 heterocycles. The Morgan fingerprint density at radius 2 is 1.95 bits per heavy atom. The van der Waals surface area contributed by atoms with E-state index in [9.17, 15) is 9.59 Å². The predicted octanol–water partition coefficient (Wildman–Crippen LogP) is 1.12. The van der Waals surface area contributed by atoms with E-state index < -0.39 is 43.8 Å². The van der Waals surface area contributed by atoms with Gasteiger partial charge in [0.25, 0.3) is 14.1 Å². The molecule has 12 nitrogen and oxygen atoms in total. The van der Waals surface area contributed by atoms with E-state index in [4.69, 9.17) is 31.5 Å². The van der Waals surface area contributed by atoms with E-state index >= 15 is 0 Å². The van der Waals surface area contributed by atoms with E-state index in [1.54, 1.807) is 0 Å². The summed E-state index contributed by atoms with van der Waals surface area (Å²) in [6.45, 7) is 20.8. The monoisotopic (exact) mass is 562 g/mol. The van der Waals surface area contributed by atoms with Crippen LogP contribution < -0.4 is 11.2 Å². The Morgan fingerprint density at radius 1 is 1.26 bits per heavy atom. The van der Waals surface area contributed by atoms with Crippen LogP contribution in [0.4, 0.5) is 0 Å². The Morgan fingerprint density at radius 3 is 2.56 bits per heavy atom. The highest BCUT2D eigenvalue weighted by atomic mass is 31.2. The molecule has 214 valence electrons. The predicted molar refractivity (Wildman–Crippen MR) is 147 cm³/mol. The van der Waals surface area contributed by atoms with Gasteiger partial charge in [0.15, 0.2) is 6.23 Å². The van der Waals surface area contributed by atoms with Crippen molar-refractivity contribution in [3.63, 3.8) is 0 Å². The minimum absolute atomic E-state index is 0.128. The quantitative estimate of drug-likeness (QED) is 0.174. The fraction of sp³-hybridized carbons (Fsp3) is 0.731. The summed E-state index contributed by atoms with van der Waals surface area (Å²) >= 11 is 0. The number of rotatable bonds is 12. The van der Waals surface area contributed by atoms with E-state index in [1.165, 1.54) is 16.8 Å². The first-order valence-corrected chi connectivity index (χ1v) is 14.5. The van der Waals surface area contributed by atoms with Crippen molar-refractivity contribution in [1.29, 1.82) is 0 Å². The van der Waals surface area contributed by atoms with Crippen molar-refractivity contribution < 1.29 is 18.5 Å². The van der Waals surface area contributed by atoms with E-state index in [1.807, 2.05) is 0 Å². The maximum absolute atomic E-state index is 12.7. The molecule has 3 saturated heterocycles. The van der Waals surface area contributed by atoms with Crippen molar-refractivity contribution in [3.8, 4) is 12.3 Å². The van der Waals surface area contributed by atoms with Gasteiger partial charge >= 0.3 is 5.69 Å². The van der Waals surface area contributed by atoms with Crippen molar-refractivity contribution in [3.05, 3.63) is 44.5 Å². The Kier molecular flexibility index (Phi) is 9.97. The molecule has 2 bridgehead atoms. The van der Waals surface area contributed by atoms with Gasteiger partial charge in [-0.3, -0.25) is 24.1 Å². The summed E-state index contributed by atoms with van der Waals surface area (Å²) in [7, 11) is -1.57. The van der Waals surface area contributed by atoms with Gasteiger partial charge in [0.2, 0.25) is 6.54 Å². The van der Waals surface area contributed by atoms with Crippen LogP contribution in [0.5, 0.6) is 0 Å². The van der Waals surface area contributed by atoms with Crippen LogP contribution in [-0.2, 0) is 18.5 Å². The van der Waals surface area contributed by atoms with Gasteiger partial charge in [-0.15, -0.1) is 6.42 Å². The lowest BCUT2D eigenvalue weighted by atomic mass is 9.98. The number of aromatic nitrogens is 2. The molecule has 3 fully saturated rings. The average molecular weight is 563 g/mol. The highest BCUT2D eigenvalue weighted by Crippen LogP contribution is 2.55. The third-order valence-corrected chi connectivity index (χ3v) is 9.34. The molecule has 13 heteroatoms. The number of hydrogen-bond acceptors (Lipinski definition) is 9. The van der Waals surface area contributed by atoms with Crippen LogP contribution in [0.25, 0.3) is 4.85 Å². The molecule has 39 heavy (non-hydrogen) atoms. The highest BCUT2D eigenvalue weighted by molar-refractivity contribution is 7.44. The van der Waals surface area contributed by atoms with Crippen LogP contribution in [-0.4, -0.2) is 113 Å². The Balaban J connectivity index is 1.64. The van der Waals surface area contributed by atoms with Crippen molar-refractivity contribution in [2.75, 3.05) is 59.0 Å². The molecule has 0 radical (unpaired) electrons.